The Kier molecular flexibility index (Phi) is 4.60. The molecule has 1 aliphatic rings. The second-order valence-electron chi connectivity index (χ2n) is 5.99. The van der Waals surface area contributed by atoms with Crippen molar-refractivity contribution in [3.8, 4) is 0 Å². The van der Waals surface area contributed by atoms with Gasteiger partial charge in [-0.2, -0.15) is 5.01 Å². The van der Waals surface area contributed by atoms with Crippen molar-refractivity contribution in [1.82, 2.24) is 5.01 Å². The largest absolute Gasteiger partial charge is 0.448 e. The van der Waals surface area contributed by atoms with Gasteiger partial charge >= 0.3 is 6.09 Å². The molecule has 2 aromatic carbocycles. The minimum absolute atomic E-state index is 0.0371. The number of nitrogens with zero attached hydrogens (tertiary/aromatic N) is 2. The van der Waals surface area contributed by atoms with Gasteiger partial charge in [0.25, 0.3) is 0 Å². The highest BCUT2D eigenvalue weighted by Crippen LogP contribution is 2.57. The summed E-state index contributed by atoms with van der Waals surface area (Å²) in [6, 6.07) is 17.7. The molecule has 3 rings (SSSR count). The third-order valence-corrected chi connectivity index (χ3v) is 4.45. The van der Waals surface area contributed by atoms with Crippen molar-refractivity contribution in [3.63, 3.8) is 0 Å². The van der Waals surface area contributed by atoms with Crippen LogP contribution in [0.4, 0.5) is 4.79 Å². The van der Waals surface area contributed by atoms with Crippen molar-refractivity contribution >= 4 is 6.09 Å². The van der Waals surface area contributed by atoms with Crippen LogP contribution in [0.2, 0.25) is 0 Å². The van der Waals surface area contributed by atoms with E-state index in [4.69, 9.17) is 4.74 Å². The van der Waals surface area contributed by atoms with E-state index in [2.05, 4.69) is 5.29 Å². The molecule has 1 unspecified atom stereocenters. The molecule has 0 aliphatic heterocycles. The van der Waals surface area contributed by atoms with E-state index in [0.717, 1.165) is 16.1 Å². The lowest BCUT2D eigenvalue weighted by molar-refractivity contribution is 0.104. The van der Waals surface area contributed by atoms with Crippen LogP contribution in [0, 0.1) is 11.8 Å². The summed E-state index contributed by atoms with van der Waals surface area (Å²) in [5.74, 6) is 0.0751. The number of ether oxygens (including phenoxy) is 1. The van der Waals surface area contributed by atoms with Gasteiger partial charge in [0.05, 0.1) is 17.9 Å². The SMILES string of the molecule is CCOC(=O)N(N=O)C1[C@@H](c2ccccc2)[C@@H]1c1ccc(C)cc1. The van der Waals surface area contributed by atoms with E-state index in [-0.39, 0.29) is 24.5 Å². The van der Waals surface area contributed by atoms with Gasteiger partial charge in [-0.25, -0.2) is 4.79 Å². The third-order valence-electron chi connectivity index (χ3n) is 4.45. The first-order valence-electron chi connectivity index (χ1n) is 8.08. The molecule has 0 saturated heterocycles. The van der Waals surface area contributed by atoms with Crippen molar-refractivity contribution in [2.45, 2.75) is 31.7 Å². The first-order valence-corrected chi connectivity index (χ1v) is 8.08. The third kappa shape index (κ3) is 3.02. The number of amides is 1. The Labute approximate surface area is 141 Å². The molecule has 0 aromatic heterocycles. The molecule has 1 aliphatic carbocycles. The van der Waals surface area contributed by atoms with Crippen molar-refractivity contribution in [3.05, 3.63) is 76.2 Å². The number of rotatable bonds is 5. The van der Waals surface area contributed by atoms with Crippen LogP contribution in [-0.2, 0) is 4.74 Å². The summed E-state index contributed by atoms with van der Waals surface area (Å²) in [6.07, 6.45) is -0.687. The van der Waals surface area contributed by atoms with E-state index in [1.165, 1.54) is 5.56 Å². The monoisotopic (exact) mass is 324 g/mol. The van der Waals surface area contributed by atoms with E-state index >= 15 is 0 Å². The number of hydrogen-bond donors (Lipinski definition) is 0. The standard InChI is InChI=1S/C19H20N2O3/c1-3-24-19(22)21(20-23)18-16(14-7-5-4-6-8-14)17(18)15-11-9-13(2)10-12-15/h4-12,16-18H,3H2,1-2H3/t16-,17-,18?/m0/s1. The summed E-state index contributed by atoms with van der Waals surface area (Å²) >= 11 is 0. The molecular formula is C19H20N2O3. The highest BCUT2D eigenvalue weighted by atomic mass is 16.6. The Morgan fingerprint density at radius 2 is 1.62 bits per heavy atom. The number of aryl methyl sites for hydroxylation is 1. The summed E-state index contributed by atoms with van der Waals surface area (Å²) in [4.78, 5) is 23.4. The summed E-state index contributed by atoms with van der Waals surface area (Å²) < 4.78 is 4.98. The highest BCUT2D eigenvalue weighted by Gasteiger charge is 2.58. The van der Waals surface area contributed by atoms with Crippen molar-refractivity contribution in [1.29, 1.82) is 0 Å². The summed E-state index contributed by atoms with van der Waals surface area (Å²) in [5.41, 5.74) is 3.35. The van der Waals surface area contributed by atoms with Gasteiger partial charge in [-0.1, -0.05) is 60.2 Å². The molecule has 1 amide bonds. The molecule has 124 valence electrons. The molecular weight excluding hydrogens is 304 g/mol. The summed E-state index contributed by atoms with van der Waals surface area (Å²) in [6.45, 7) is 3.95. The van der Waals surface area contributed by atoms with E-state index in [1.807, 2.05) is 61.5 Å². The molecule has 0 radical (unpaired) electrons. The number of benzene rings is 2. The maximum absolute atomic E-state index is 12.1. The van der Waals surface area contributed by atoms with Crippen LogP contribution in [0.15, 0.2) is 59.9 Å². The topological polar surface area (TPSA) is 59.0 Å². The second-order valence-corrected chi connectivity index (χ2v) is 5.99. The zero-order valence-corrected chi connectivity index (χ0v) is 13.8. The molecule has 1 fully saturated rings. The van der Waals surface area contributed by atoms with Crippen LogP contribution in [-0.4, -0.2) is 23.8 Å². The van der Waals surface area contributed by atoms with E-state index < -0.39 is 6.09 Å². The molecule has 5 heteroatoms. The van der Waals surface area contributed by atoms with E-state index in [1.54, 1.807) is 6.92 Å². The molecule has 2 aromatic rings. The maximum atomic E-state index is 12.1. The van der Waals surface area contributed by atoms with Gasteiger partial charge in [-0.3, -0.25) is 0 Å². The van der Waals surface area contributed by atoms with Gasteiger partial charge in [-0.05, 0) is 25.0 Å². The van der Waals surface area contributed by atoms with E-state index in [0.29, 0.717) is 0 Å². The Balaban J connectivity index is 1.93. The molecule has 3 atom stereocenters. The number of nitroso groups, excluding NO2 is 1. The normalized spacial score (nSPS) is 21.8. The van der Waals surface area contributed by atoms with Crippen molar-refractivity contribution < 1.29 is 9.53 Å². The molecule has 24 heavy (non-hydrogen) atoms. The predicted molar refractivity (Wildman–Crippen MR) is 91.5 cm³/mol. The van der Waals surface area contributed by atoms with Crippen molar-refractivity contribution in [2.75, 3.05) is 6.61 Å². The van der Waals surface area contributed by atoms with Gasteiger partial charge in [0, 0.05) is 11.8 Å². The Hall–Kier alpha value is -2.69. The lowest BCUT2D eigenvalue weighted by Gasteiger charge is -2.13. The number of hydrogen-bond acceptors (Lipinski definition) is 4. The second kappa shape index (κ2) is 6.83. The lowest BCUT2D eigenvalue weighted by atomic mass is 10.0. The zero-order valence-electron chi connectivity index (χ0n) is 13.8. The molecule has 0 spiro atoms. The fraction of sp³-hybridized carbons (Fsp3) is 0.316. The number of carbonyl (C=O) groups excluding carboxylic acids is 1. The van der Waals surface area contributed by atoms with Gasteiger partial charge in [-0.15, -0.1) is 4.91 Å². The van der Waals surface area contributed by atoms with Crippen LogP contribution < -0.4 is 0 Å². The lowest BCUT2D eigenvalue weighted by Crippen LogP contribution is -2.29. The van der Waals surface area contributed by atoms with Gasteiger partial charge in [0.2, 0.25) is 0 Å². The first-order chi connectivity index (χ1) is 11.7. The van der Waals surface area contributed by atoms with Crippen LogP contribution in [0.3, 0.4) is 0 Å². The zero-order chi connectivity index (χ0) is 17.1. The minimum Gasteiger partial charge on any atom is -0.448 e. The smallest absolute Gasteiger partial charge is 0.433 e. The molecule has 0 N–H and O–H groups in total. The maximum Gasteiger partial charge on any atom is 0.433 e. The fourth-order valence-corrected chi connectivity index (χ4v) is 3.27. The highest BCUT2D eigenvalue weighted by molar-refractivity contribution is 5.69. The van der Waals surface area contributed by atoms with Gasteiger partial charge in [0.1, 0.15) is 0 Å². The molecule has 0 heterocycles. The Morgan fingerprint density at radius 1 is 1.04 bits per heavy atom. The van der Waals surface area contributed by atoms with Crippen molar-refractivity contribution in [2.24, 2.45) is 5.29 Å². The predicted octanol–water partition coefficient (Wildman–Crippen LogP) is 4.38. The minimum atomic E-state index is -0.687. The average Bonchev–Trinajstić information content (AvgIpc) is 3.32. The van der Waals surface area contributed by atoms with Gasteiger partial charge < -0.3 is 4.74 Å². The molecule has 1 saturated carbocycles. The van der Waals surface area contributed by atoms with Crippen LogP contribution in [0.5, 0.6) is 0 Å². The van der Waals surface area contributed by atoms with Crippen LogP contribution in [0.25, 0.3) is 0 Å². The quantitative estimate of drug-likeness (QED) is 0.605. The average molecular weight is 324 g/mol. The first kappa shape index (κ1) is 16.2. The molecule has 5 nitrogen and oxygen atoms in total. The summed E-state index contributed by atoms with van der Waals surface area (Å²) in [5, 5.41) is 3.90. The molecule has 0 bridgehead atoms. The fourth-order valence-electron chi connectivity index (χ4n) is 3.27. The Bertz CT molecular complexity index is 715. The van der Waals surface area contributed by atoms with E-state index in [9.17, 15) is 9.70 Å². The summed E-state index contributed by atoms with van der Waals surface area (Å²) in [7, 11) is 0. The number of carbonyl (C=O) groups is 1. The van der Waals surface area contributed by atoms with Crippen LogP contribution in [0.1, 0.15) is 35.4 Å². The van der Waals surface area contributed by atoms with Crippen LogP contribution >= 0.6 is 0 Å². The van der Waals surface area contributed by atoms with Gasteiger partial charge in [0.15, 0.2) is 0 Å². The Morgan fingerprint density at radius 3 is 2.17 bits per heavy atom.